The van der Waals surface area contributed by atoms with Gasteiger partial charge in [-0.1, -0.05) is 11.6 Å². The second kappa shape index (κ2) is 5.75. The molecule has 0 spiro atoms. The van der Waals surface area contributed by atoms with Crippen molar-refractivity contribution in [2.24, 2.45) is 11.7 Å². The highest BCUT2D eigenvalue weighted by Crippen LogP contribution is 2.42. The summed E-state index contributed by atoms with van der Waals surface area (Å²) in [6.45, 7) is 0. The number of hydrogen-bond acceptors (Lipinski definition) is 2. The van der Waals surface area contributed by atoms with Crippen molar-refractivity contribution in [2.75, 3.05) is 5.32 Å². The fraction of sp³-hybridized carbons (Fsp3) is 0.500. The van der Waals surface area contributed by atoms with Crippen LogP contribution in [0.5, 0.6) is 0 Å². The summed E-state index contributed by atoms with van der Waals surface area (Å²) in [4.78, 5) is 11.8. The zero-order valence-corrected chi connectivity index (χ0v) is 12.0. The Morgan fingerprint density at radius 2 is 1.76 bits per heavy atom. The van der Waals surface area contributed by atoms with Crippen molar-refractivity contribution in [3.63, 3.8) is 0 Å². The molecule has 0 heterocycles. The number of carbonyl (C=O) groups is 1. The van der Waals surface area contributed by atoms with Gasteiger partial charge in [-0.15, -0.1) is 0 Å². The molecule has 116 valence electrons. The van der Waals surface area contributed by atoms with Gasteiger partial charge < -0.3 is 11.1 Å². The first kappa shape index (κ1) is 15.9. The van der Waals surface area contributed by atoms with Crippen LogP contribution in [0.2, 0.25) is 5.02 Å². The van der Waals surface area contributed by atoms with Gasteiger partial charge in [0.1, 0.15) is 5.54 Å². The lowest BCUT2D eigenvalue weighted by Gasteiger charge is -2.39. The van der Waals surface area contributed by atoms with E-state index in [4.69, 9.17) is 17.3 Å². The highest BCUT2D eigenvalue weighted by atomic mass is 35.5. The van der Waals surface area contributed by atoms with E-state index >= 15 is 0 Å². The van der Waals surface area contributed by atoms with Crippen molar-refractivity contribution in [3.05, 3.63) is 29.3 Å². The highest BCUT2D eigenvalue weighted by Gasteiger charge is 2.48. The first-order chi connectivity index (χ1) is 9.73. The number of nitrogens with one attached hydrogen (secondary N) is 1. The number of benzene rings is 1. The van der Waals surface area contributed by atoms with E-state index in [1.54, 1.807) is 24.3 Å². The molecule has 0 bridgehead atoms. The third-order valence-electron chi connectivity index (χ3n) is 4.00. The maximum atomic E-state index is 12.7. The normalized spacial score (nSPS) is 26.4. The van der Waals surface area contributed by atoms with Crippen LogP contribution >= 0.6 is 11.6 Å². The minimum absolute atomic E-state index is 0.0646. The third-order valence-corrected chi connectivity index (χ3v) is 4.25. The summed E-state index contributed by atoms with van der Waals surface area (Å²) in [6, 6.07) is 6.62. The van der Waals surface area contributed by atoms with E-state index in [1.165, 1.54) is 0 Å². The summed E-state index contributed by atoms with van der Waals surface area (Å²) in [6.07, 6.45) is -4.30. The third kappa shape index (κ3) is 3.61. The van der Waals surface area contributed by atoms with Crippen LogP contribution in [0.25, 0.3) is 0 Å². The molecule has 2 rings (SSSR count). The Balaban J connectivity index is 2.13. The fourth-order valence-corrected chi connectivity index (χ4v) is 2.81. The van der Waals surface area contributed by atoms with Gasteiger partial charge in [0.25, 0.3) is 0 Å². The standard InChI is InChI=1S/C14H16ClF3N2O/c15-10-1-3-11(4-2-10)20-13(12(19)21)7-5-9(6-8-13)14(16,17)18/h1-4,9,20H,5-8H2,(H2,19,21). The molecule has 7 heteroatoms. The number of alkyl halides is 3. The SMILES string of the molecule is NC(=O)C1(Nc2ccc(Cl)cc2)CCC(C(F)(F)F)CC1. The van der Waals surface area contributed by atoms with Crippen LogP contribution in [0.1, 0.15) is 25.7 Å². The van der Waals surface area contributed by atoms with Crippen molar-refractivity contribution < 1.29 is 18.0 Å². The van der Waals surface area contributed by atoms with Gasteiger partial charge in [-0.2, -0.15) is 13.2 Å². The summed E-state index contributed by atoms with van der Waals surface area (Å²) in [5.41, 5.74) is 4.91. The second-order valence-electron chi connectivity index (χ2n) is 5.39. The van der Waals surface area contributed by atoms with Crippen LogP contribution in [0.3, 0.4) is 0 Å². The van der Waals surface area contributed by atoms with Crippen LogP contribution in [-0.2, 0) is 4.79 Å². The maximum Gasteiger partial charge on any atom is 0.391 e. The molecule has 0 aliphatic heterocycles. The molecule has 0 aromatic heterocycles. The van der Waals surface area contributed by atoms with Crippen molar-refractivity contribution in [1.82, 2.24) is 0 Å². The topological polar surface area (TPSA) is 55.1 Å². The van der Waals surface area contributed by atoms with Crippen LogP contribution in [-0.4, -0.2) is 17.6 Å². The Kier molecular flexibility index (Phi) is 4.37. The zero-order valence-electron chi connectivity index (χ0n) is 11.2. The molecule has 1 aromatic carbocycles. The van der Waals surface area contributed by atoms with E-state index in [-0.39, 0.29) is 25.7 Å². The molecular weight excluding hydrogens is 305 g/mol. The second-order valence-corrected chi connectivity index (χ2v) is 5.83. The fourth-order valence-electron chi connectivity index (χ4n) is 2.68. The molecule has 21 heavy (non-hydrogen) atoms. The van der Waals surface area contributed by atoms with Gasteiger partial charge in [-0.25, -0.2) is 0 Å². The van der Waals surface area contributed by atoms with Crippen molar-refractivity contribution in [1.29, 1.82) is 0 Å². The number of nitrogens with two attached hydrogens (primary N) is 1. The summed E-state index contributed by atoms with van der Waals surface area (Å²) >= 11 is 5.78. The Bertz CT molecular complexity index is 508. The molecule has 1 fully saturated rings. The molecule has 1 saturated carbocycles. The number of anilines is 1. The Morgan fingerprint density at radius 3 is 2.19 bits per heavy atom. The molecule has 3 nitrogen and oxygen atoms in total. The average Bonchev–Trinajstić information content (AvgIpc) is 2.41. The lowest BCUT2D eigenvalue weighted by atomic mass is 9.75. The van der Waals surface area contributed by atoms with Gasteiger partial charge in [-0.3, -0.25) is 4.79 Å². The summed E-state index contributed by atoms with van der Waals surface area (Å²) in [5, 5.41) is 3.53. The first-order valence-electron chi connectivity index (χ1n) is 6.63. The van der Waals surface area contributed by atoms with E-state index in [2.05, 4.69) is 5.32 Å². The van der Waals surface area contributed by atoms with E-state index < -0.39 is 23.5 Å². The van der Waals surface area contributed by atoms with Gasteiger partial charge in [0.15, 0.2) is 0 Å². The quantitative estimate of drug-likeness (QED) is 0.891. The first-order valence-corrected chi connectivity index (χ1v) is 7.01. The monoisotopic (exact) mass is 320 g/mol. The predicted molar refractivity (Wildman–Crippen MR) is 75.0 cm³/mol. The number of halogens is 4. The van der Waals surface area contributed by atoms with E-state index in [0.29, 0.717) is 10.7 Å². The van der Waals surface area contributed by atoms with Gasteiger partial charge in [0.2, 0.25) is 5.91 Å². The largest absolute Gasteiger partial charge is 0.391 e. The van der Waals surface area contributed by atoms with E-state index in [0.717, 1.165) is 0 Å². The Morgan fingerprint density at radius 1 is 1.24 bits per heavy atom. The lowest BCUT2D eigenvalue weighted by Crippen LogP contribution is -2.53. The molecule has 0 saturated heterocycles. The van der Waals surface area contributed by atoms with Gasteiger partial charge in [0.05, 0.1) is 5.92 Å². The lowest BCUT2D eigenvalue weighted by molar-refractivity contribution is -0.184. The number of rotatable bonds is 3. The van der Waals surface area contributed by atoms with E-state index in [9.17, 15) is 18.0 Å². The Labute approximate surface area is 125 Å². The van der Waals surface area contributed by atoms with Gasteiger partial charge >= 0.3 is 6.18 Å². The molecule has 0 unspecified atom stereocenters. The van der Waals surface area contributed by atoms with Crippen LogP contribution in [0.15, 0.2) is 24.3 Å². The van der Waals surface area contributed by atoms with Crippen LogP contribution in [0, 0.1) is 5.92 Å². The molecule has 0 atom stereocenters. The molecule has 1 aliphatic rings. The van der Waals surface area contributed by atoms with Gasteiger partial charge in [-0.05, 0) is 49.9 Å². The zero-order chi connectivity index (χ0) is 15.7. The van der Waals surface area contributed by atoms with Crippen molar-refractivity contribution >= 4 is 23.2 Å². The van der Waals surface area contributed by atoms with Crippen molar-refractivity contribution in [2.45, 2.75) is 37.4 Å². The van der Waals surface area contributed by atoms with Gasteiger partial charge in [0, 0.05) is 10.7 Å². The minimum Gasteiger partial charge on any atom is -0.371 e. The smallest absolute Gasteiger partial charge is 0.371 e. The highest BCUT2D eigenvalue weighted by molar-refractivity contribution is 6.30. The summed E-state index contributed by atoms with van der Waals surface area (Å²) in [5.74, 6) is -1.99. The molecule has 1 amide bonds. The van der Waals surface area contributed by atoms with E-state index in [1.807, 2.05) is 0 Å². The number of primary amides is 1. The minimum atomic E-state index is -4.22. The molecule has 1 aromatic rings. The maximum absolute atomic E-state index is 12.7. The average molecular weight is 321 g/mol. The van der Waals surface area contributed by atoms with Crippen molar-refractivity contribution in [3.8, 4) is 0 Å². The summed E-state index contributed by atoms with van der Waals surface area (Å²) in [7, 11) is 0. The Hall–Kier alpha value is -1.43. The molecule has 0 radical (unpaired) electrons. The van der Waals surface area contributed by atoms with Crippen LogP contribution in [0.4, 0.5) is 18.9 Å². The number of amides is 1. The predicted octanol–water partition coefficient (Wildman–Crippen LogP) is 3.73. The molecular formula is C14H16ClF3N2O. The summed E-state index contributed by atoms with van der Waals surface area (Å²) < 4.78 is 38.1. The molecule has 3 N–H and O–H groups in total. The van der Waals surface area contributed by atoms with Crippen LogP contribution < -0.4 is 11.1 Å². The number of hydrogen-bond donors (Lipinski definition) is 2. The molecule has 1 aliphatic carbocycles. The number of carbonyl (C=O) groups excluding carboxylic acids is 1.